The summed E-state index contributed by atoms with van der Waals surface area (Å²) < 4.78 is 2.06. The number of fused-ring (bicyclic) bond motifs is 1. The zero-order chi connectivity index (χ0) is 21.2. The molecule has 0 bridgehead atoms. The van der Waals surface area contributed by atoms with Crippen LogP contribution in [0.3, 0.4) is 0 Å². The molecule has 1 aromatic carbocycles. The second kappa shape index (κ2) is 9.35. The molecule has 7 nitrogen and oxygen atoms in total. The first-order chi connectivity index (χ1) is 15.2. The Hall–Kier alpha value is -3.47. The van der Waals surface area contributed by atoms with Crippen LogP contribution in [-0.4, -0.2) is 31.2 Å². The van der Waals surface area contributed by atoms with Gasteiger partial charge in [0.2, 0.25) is 0 Å². The lowest BCUT2D eigenvalue weighted by Gasteiger charge is -2.11. The van der Waals surface area contributed by atoms with Gasteiger partial charge >= 0.3 is 0 Å². The van der Waals surface area contributed by atoms with Crippen molar-refractivity contribution in [3.05, 3.63) is 66.1 Å². The first kappa shape index (κ1) is 21.8. The van der Waals surface area contributed by atoms with Crippen LogP contribution in [0.1, 0.15) is 36.3 Å². The summed E-state index contributed by atoms with van der Waals surface area (Å²) in [6, 6.07) is 16.0. The van der Waals surface area contributed by atoms with Crippen LogP contribution in [0.5, 0.6) is 0 Å². The fraction of sp³-hybridized carbons (Fsp3) is 0.250. The van der Waals surface area contributed by atoms with Crippen molar-refractivity contribution in [2.24, 2.45) is 0 Å². The van der Waals surface area contributed by atoms with Gasteiger partial charge in [-0.05, 0) is 67.1 Å². The Balaban J connectivity index is 0.00000245. The number of rotatable bonds is 7. The average molecular weight is 447 g/mol. The van der Waals surface area contributed by atoms with Crippen LogP contribution in [0.2, 0.25) is 0 Å². The van der Waals surface area contributed by atoms with E-state index in [9.17, 15) is 0 Å². The molecule has 3 aromatic heterocycles. The fourth-order valence-corrected chi connectivity index (χ4v) is 3.76. The van der Waals surface area contributed by atoms with E-state index in [-0.39, 0.29) is 19.0 Å². The average Bonchev–Trinajstić information content (AvgIpc) is 3.58. The number of nitrogens with zero attached hydrogens (tertiary/aromatic N) is 5. The fourth-order valence-electron chi connectivity index (χ4n) is 3.76. The number of hydrogen-bond acceptors (Lipinski definition) is 6. The minimum Gasteiger partial charge on any atom is -0.396 e. The predicted molar refractivity (Wildman–Crippen MR) is 126 cm³/mol. The molecule has 1 aliphatic carbocycles. The molecule has 1 fully saturated rings. The number of imidazole rings is 1. The lowest BCUT2D eigenvalue weighted by atomic mass is 10.1. The first-order valence-electron chi connectivity index (χ1n) is 10.4. The van der Waals surface area contributed by atoms with Crippen molar-refractivity contribution in [2.45, 2.75) is 31.7 Å². The Morgan fingerprint density at radius 1 is 1.09 bits per heavy atom. The highest BCUT2D eigenvalue weighted by Crippen LogP contribution is 2.42. The van der Waals surface area contributed by atoms with Gasteiger partial charge in [0.15, 0.2) is 0 Å². The number of aliphatic hydroxyl groups excluding tert-OH is 1. The van der Waals surface area contributed by atoms with Crippen LogP contribution >= 0.6 is 12.4 Å². The number of anilines is 2. The first-order valence-corrected chi connectivity index (χ1v) is 10.4. The number of aliphatic hydroxyl groups is 1. The van der Waals surface area contributed by atoms with E-state index >= 15 is 0 Å². The summed E-state index contributed by atoms with van der Waals surface area (Å²) in [5, 5.41) is 21.5. The quantitative estimate of drug-likeness (QED) is 0.423. The molecule has 0 radical (unpaired) electrons. The third-order valence-electron chi connectivity index (χ3n) is 5.52. The van der Waals surface area contributed by atoms with Crippen LogP contribution in [-0.2, 0) is 6.54 Å². The Kier molecular flexibility index (Phi) is 6.35. The number of nitrogens with one attached hydrogen (secondary N) is 1. The van der Waals surface area contributed by atoms with Gasteiger partial charge in [-0.2, -0.15) is 5.26 Å². The lowest BCUT2D eigenvalue weighted by molar-refractivity contribution is 0.280. The number of aromatic nitrogens is 4. The molecule has 1 aliphatic rings. The maximum atomic E-state index is 9.14. The van der Waals surface area contributed by atoms with Gasteiger partial charge in [-0.1, -0.05) is 6.07 Å². The molecule has 0 unspecified atom stereocenters. The molecule has 4 aromatic rings. The van der Waals surface area contributed by atoms with Crippen LogP contribution in [0.25, 0.3) is 22.3 Å². The third kappa shape index (κ3) is 4.57. The summed E-state index contributed by atoms with van der Waals surface area (Å²) in [4.78, 5) is 13.7. The topological polar surface area (TPSA) is 99.7 Å². The van der Waals surface area contributed by atoms with Crippen LogP contribution in [0, 0.1) is 11.3 Å². The van der Waals surface area contributed by atoms with Crippen LogP contribution < -0.4 is 5.32 Å². The number of hydrogen-bond donors (Lipinski definition) is 2. The van der Waals surface area contributed by atoms with Crippen molar-refractivity contribution in [1.82, 2.24) is 19.5 Å². The van der Waals surface area contributed by atoms with Gasteiger partial charge < -0.3 is 15.0 Å². The van der Waals surface area contributed by atoms with E-state index in [1.54, 1.807) is 18.3 Å². The van der Waals surface area contributed by atoms with Crippen molar-refractivity contribution in [2.75, 3.05) is 11.9 Å². The van der Waals surface area contributed by atoms with E-state index in [1.807, 2.05) is 6.33 Å². The molecule has 0 spiro atoms. The van der Waals surface area contributed by atoms with Gasteiger partial charge in [-0.25, -0.2) is 15.0 Å². The lowest BCUT2D eigenvalue weighted by Crippen LogP contribution is -2.00. The largest absolute Gasteiger partial charge is 0.396 e. The summed E-state index contributed by atoms with van der Waals surface area (Å²) in [6.07, 6.45) is 6.53. The van der Waals surface area contributed by atoms with Gasteiger partial charge in [0.25, 0.3) is 0 Å². The molecule has 2 N–H and O–H groups in total. The van der Waals surface area contributed by atoms with Crippen molar-refractivity contribution in [1.29, 1.82) is 5.26 Å². The SMILES string of the molecule is Cl.N#Cc1ccnc(Nc2cc(C3CC3)cc(-c3ccc4c(c3)ncn4CCCO)n2)c1. The van der Waals surface area contributed by atoms with Gasteiger partial charge in [0, 0.05) is 24.9 Å². The predicted octanol–water partition coefficient (Wildman–Crippen LogP) is 4.79. The Morgan fingerprint density at radius 2 is 1.97 bits per heavy atom. The second-order valence-corrected chi connectivity index (χ2v) is 7.83. The maximum absolute atomic E-state index is 9.14. The molecule has 5 rings (SSSR count). The van der Waals surface area contributed by atoms with Gasteiger partial charge in [0.1, 0.15) is 11.6 Å². The molecule has 32 heavy (non-hydrogen) atoms. The van der Waals surface area contributed by atoms with E-state index in [2.05, 4.69) is 56.3 Å². The molecule has 1 saturated carbocycles. The van der Waals surface area contributed by atoms with Crippen molar-refractivity contribution >= 4 is 35.1 Å². The van der Waals surface area contributed by atoms with E-state index in [0.717, 1.165) is 34.7 Å². The number of benzene rings is 1. The highest BCUT2D eigenvalue weighted by molar-refractivity contribution is 5.85. The van der Waals surface area contributed by atoms with Gasteiger partial charge in [-0.3, -0.25) is 0 Å². The van der Waals surface area contributed by atoms with E-state index < -0.39 is 0 Å². The molecule has 8 heteroatoms. The standard InChI is InChI=1S/C24H22N6O.ClH/c25-14-16-6-7-26-23(10-16)29-24-13-19(17-2-3-17)12-20(28-24)18-4-5-22-21(11-18)27-15-30(22)8-1-9-31;/h4-7,10-13,15,17,31H,1-3,8-9H2,(H,26,28,29);1H. The highest BCUT2D eigenvalue weighted by atomic mass is 35.5. The molecule has 0 atom stereocenters. The Morgan fingerprint density at radius 3 is 2.75 bits per heavy atom. The van der Waals surface area contributed by atoms with E-state index in [0.29, 0.717) is 23.7 Å². The summed E-state index contributed by atoms with van der Waals surface area (Å²) in [6.45, 7) is 0.905. The Labute approximate surface area is 192 Å². The molecule has 0 saturated heterocycles. The number of aryl methyl sites for hydroxylation is 1. The van der Waals surface area contributed by atoms with Crippen molar-refractivity contribution in [3.63, 3.8) is 0 Å². The second-order valence-electron chi connectivity index (χ2n) is 7.83. The maximum Gasteiger partial charge on any atom is 0.132 e. The van der Waals surface area contributed by atoms with Gasteiger partial charge in [-0.15, -0.1) is 12.4 Å². The molecule has 0 amide bonds. The van der Waals surface area contributed by atoms with Crippen molar-refractivity contribution < 1.29 is 5.11 Å². The number of halogens is 1. The molecule has 162 valence electrons. The highest BCUT2D eigenvalue weighted by Gasteiger charge is 2.25. The van der Waals surface area contributed by atoms with E-state index in [1.165, 1.54) is 18.4 Å². The minimum absolute atomic E-state index is 0. The summed E-state index contributed by atoms with van der Waals surface area (Å²) in [7, 11) is 0. The molecule has 3 heterocycles. The van der Waals surface area contributed by atoms with Crippen molar-refractivity contribution in [3.8, 4) is 17.3 Å². The zero-order valence-electron chi connectivity index (χ0n) is 17.4. The Bertz CT molecular complexity index is 1290. The normalized spacial score (nSPS) is 12.9. The zero-order valence-corrected chi connectivity index (χ0v) is 18.2. The minimum atomic E-state index is 0. The third-order valence-corrected chi connectivity index (χ3v) is 5.52. The summed E-state index contributed by atoms with van der Waals surface area (Å²) >= 11 is 0. The summed E-state index contributed by atoms with van der Waals surface area (Å²) in [5.41, 5.74) is 5.66. The molecular formula is C24H23ClN6O. The smallest absolute Gasteiger partial charge is 0.132 e. The molecular weight excluding hydrogens is 424 g/mol. The van der Waals surface area contributed by atoms with Crippen LogP contribution in [0.15, 0.2) is 55.0 Å². The van der Waals surface area contributed by atoms with Gasteiger partial charge in [0.05, 0.1) is 34.7 Å². The van der Waals surface area contributed by atoms with E-state index in [4.69, 9.17) is 15.4 Å². The monoisotopic (exact) mass is 446 g/mol. The summed E-state index contributed by atoms with van der Waals surface area (Å²) in [5.74, 6) is 1.89. The molecule has 0 aliphatic heterocycles. The number of pyridine rings is 2. The number of nitriles is 1. The van der Waals surface area contributed by atoms with Crippen LogP contribution in [0.4, 0.5) is 11.6 Å².